The quantitative estimate of drug-likeness (QED) is 0.728. The van der Waals surface area contributed by atoms with Gasteiger partial charge in [-0.2, -0.15) is 0 Å². The van der Waals surface area contributed by atoms with E-state index in [2.05, 4.69) is 22.9 Å². The van der Waals surface area contributed by atoms with Crippen molar-refractivity contribution >= 4 is 21.8 Å². The van der Waals surface area contributed by atoms with E-state index >= 15 is 0 Å². The number of benzene rings is 1. The van der Waals surface area contributed by atoms with E-state index in [-0.39, 0.29) is 11.5 Å². The van der Waals surface area contributed by atoms with Crippen LogP contribution in [-0.4, -0.2) is 28.7 Å². The Balaban J connectivity index is 2.19. The Hall–Kier alpha value is -0.900. The molecule has 0 saturated carbocycles. The van der Waals surface area contributed by atoms with Crippen LogP contribution in [0.15, 0.2) is 18.2 Å². The van der Waals surface area contributed by atoms with Gasteiger partial charge in [0, 0.05) is 17.9 Å². The number of carbonyl (C=O) groups is 1. The number of rotatable bonds is 1. The first kappa shape index (κ1) is 13.5. The minimum absolute atomic E-state index is 0.184. The first-order valence-electron chi connectivity index (χ1n) is 6.19. The highest BCUT2D eigenvalue weighted by Gasteiger charge is 2.28. The first-order valence-corrected chi connectivity index (χ1v) is 7.10. The largest absolute Gasteiger partial charge is 0.337 e. The van der Waals surface area contributed by atoms with Crippen molar-refractivity contribution < 1.29 is 9.18 Å². The summed E-state index contributed by atoms with van der Waals surface area (Å²) in [5.74, 6) is -0.0452. The molecule has 1 saturated heterocycles. The molecule has 2 rings (SSSR count). The zero-order valence-corrected chi connectivity index (χ0v) is 12.2. The minimum atomic E-state index is -0.396. The van der Waals surface area contributed by atoms with Crippen LogP contribution in [0.2, 0.25) is 0 Å². The van der Waals surface area contributed by atoms with E-state index in [1.165, 1.54) is 0 Å². The summed E-state index contributed by atoms with van der Waals surface area (Å²) in [5.41, 5.74) is 0.700. The molecule has 0 bridgehead atoms. The van der Waals surface area contributed by atoms with Crippen LogP contribution < -0.4 is 0 Å². The Morgan fingerprint density at radius 2 is 2.22 bits per heavy atom. The molecule has 0 N–H and O–H groups in total. The molecule has 0 radical (unpaired) electrons. The number of aryl methyl sites for hydroxylation is 1. The second-order valence-electron chi connectivity index (χ2n) is 4.97. The zero-order valence-electron chi connectivity index (χ0n) is 10.6. The van der Waals surface area contributed by atoms with Crippen molar-refractivity contribution in [2.24, 2.45) is 5.92 Å². The number of halogens is 2. The van der Waals surface area contributed by atoms with Gasteiger partial charge < -0.3 is 4.90 Å². The summed E-state index contributed by atoms with van der Waals surface area (Å²) >= 11 is 3.58. The van der Waals surface area contributed by atoms with Gasteiger partial charge in [-0.05, 0) is 30.9 Å². The van der Waals surface area contributed by atoms with Crippen LogP contribution in [0.5, 0.6) is 0 Å². The number of hydrogen-bond donors (Lipinski definition) is 0. The van der Waals surface area contributed by atoms with Crippen molar-refractivity contribution in [2.45, 2.75) is 25.1 Å². The van der Waals surface area contributed by atoms with Gasteiger partial charge in [-0.15, -0.1) is 0 Å². The molecule has 2 unspecified atom stereocenters. The predicted octanol–water partition coefficient (Wildman–Crippen LogP) is 3.38. The monoisotopic (exact) mass is 313 g/mol. The first-order chi connectivity index (χ1) is 8.50. The highest BCUT2D eigenvalue weighted by molar-refractivity contribution is 9.09. The molecule has 0 aromatic heterocycles. The summed E-state index contributed by atoms with van der Waals surface area (Å²) in [6.45, 7) is 5.19. The molecule has 1 aliphatic heterocycles. The van der Waals surface area contributed by atoms with E-state index in [0.29, 0.717) is 29.4 Å². The molecule has 1 amide bonds. The zero-order chi connectivity index (χ0) is 13.3. The maximum Gasteiger partial charge on any atom is 0.256 e. The summed E-state index contributed by atoms with van der Waals surface area (Å²) in [6, 6.07) is 4.97. The van der Waals surface area contributed by atoms with E-state index < -0.39 is 5.82 Å². The summed E-state index contributed by atoms with van der Waals surface area (Å²) < 4.78 is 13.9. The summed E-state index contributed by atoms with van der Waals surface area (Å²) in [5, 5.41) is 0. The standard InChI is InChI=1S/C14H17BrFNO/c1-9-6-7-17(8-12(9)15)14(18)11-5-3-4-10(2)13(11)16/h3-5,9,12H,6-8H2,1-2H3. The van der Waals surface area contributed by atoms with E-state index in [9.17, 15) is 9.18 Å². The van der Waals surface area contributed by atoms with E-state index in [4.69, 9.17) is 0 Å². The summed E-state index contributed by atoms with van der Waals surface area (Å²) in [6.07, 6.45) is 0.953. The van der Waals surface area contributed by atoms with Gasteiger partial charge in [0.15, 0.2) is 0 Å². The molecule has 1 aromatic rings. The van der Waals surface area contributed by atoms with Gasteiger partial charge in [-0.25, -0.2) is 4.39 Å². The highest BCUT2D eigenvalue weighted by Crippen LogP contribution is 2.25. The molecule has 2 nitrogen and oxygen atoms in total. The van der Waals surface area contributed by atoms with Crippen molar-refractivity contribution in [3.63, 3.8) is 0 Å². The van der Waals surface area contributed by atoms with Gasteiger partial charge in [0.05, 0.1) is 5.56 Å². The van der Waals surface area contributed by atoms with E-state index in [0.717, 1.165) is 6.42 Å². The minimum Gasteiger partial charge on any atom is -0.337 e. The molecule has 1 aromatic carbocycles. The van der Waals surface area contributed by atoms with E-state index in [1.54, 1.807) is 30.0 Å². The molecule has 0 aliphatic carbocycles. The molecule has 1 heterocycles. The van der Waals surface area contributed by atoms with Crippen molar-refractivity contribution in [3.8, 4) is 0 Å². The molecule has 0 spiro atoms. The van der Waals surface area contributed by atoms with Crippen molar-refractivity contribution in [1.29, 1.82) is 0 Å². The number of hydrogen-bond acceptors (Lipinski definition) is 1. The van der Waals surface area contributed by atoms with Crippen molar-refractivity contribution in [2.75, 3.05) is 13.1 Å². The second kappa shape index (κ2) is 5.39. The van der Waals surface area contributed by atoms with Gasteiger partial charge in [-0.1, -0.05) is 35.0 Å². The second-order valence-corrected chi connectivity index (χ2v) is 6.15. The van der Waals surface area contributed by atoms with Gasteiger partial charge in [0.2, 0.25) is 0 Å². The highest BCUT2D eigenvalue weighted by atomic mass is 79.9. The third kappa shape index (κ3) is 2.58. The summed E-state index contributed by atoms with van der Waals surface area (Å²) in [7, 11) is 0. The normalized spacial score (nSPS) is 24.1. The lowest BCUT2D eigenvalue weighted by molar-refractivity contribution is 0.0701. The van der Waals surface area contributed by atoms with Crippen LogP contribution in [0.25, 0.3) is 0 Å². The fourth-order valence-electron chi connectivity index (χ4n) is 2.19. The number of nitrogens with zero attached hydrogens (tertiary/aromatic N) is 1. The smallest absolute Gasteiger partial charge is 0.256 e. The van der Waals surface area contributed by atoms with Gasteiger partial charge >= 0.3 is 0 Å². The lowest BCUT2D eigenvalue weighted by atomic mass is 9.98. The van der Waals surface area contributed by atoms with Gasteiger partial charge in [0.25, 0.3) is 5.91 Å². The van der Waals surface area contributed by atoms with Gasteiger partial charge in [0.1, 0.15) is 5.82 Å². The summed E-state index contributed by atoms with van der Waals surface area (Å²) in [4.78, 5) is 14.3. The van der Waals surface area contributed by atoms with Crippen LogP contribution in [0.3, 0.4) is 0 Å². The molecule has 1 aliphatic rings. The fourth-order valence-corrected chi connectivity index (χ4v) is 2.80. The Labute approximate surface area is 115 Å². The maximum absolute atomic E-state index is 13.9. The van der Waals surface area contributed by atoms with Crippen LogP contribution in [0.4, 0.5) is 4.39 Å². The fraction of sp³-hybridized carbons (Fsp3) is 0.500. The topological polar surface area (TPSA) is 20.3 Å². The number of likely N-dealkylation sites (tertiary alicyclic amines) is 1. The lowest BCUT2D eigenvalue weighted by Crippen LogP contribution is -2.43. The molecule has 2 atom stereocenters. The van der Waals surface area contributed by atoms with Crippen LogP contribution in [0, 0.1) is 18.7 Å². The van der Waals surface area contributed by atoms with Crippen LogP contribution in [-0.2, 0) is 0 Å². The molecule has 4 heteroatoms. The van der Waals surface area contributed by atoms with Crippen LogP contribution in [0.1, 0.15) is 29.3 Å². The molecular weight excluding hydrogens is 297 g/mol. The van der Waals surface area contributed by atoms with Crippen molar-refractivity contribution in [1.82, 2.24) is 4.90 Å². The molecule has 18 heavy (non-hydrogen) atoms. The SMILES string of the molecule is Cc1cccc(C(=O)N2CCC(C)C(Br)C2)c1F. The Morgan fingerprint density at radius 3 is 2.89 bits per heavy atom. The van der Waals surface area contributed by atoms with Crippen molar-refractivity contribution in [3.05, 3.63) is 35.1 Å². The number of alkyl halides is 1. The average Bonchev–Trinajstić information content (AvgIpc) is 2.35. The maximum atomic E-state index is 13.9. The lowest BCUT2D eigenvalue weighted by Gasteiger charge is -2.34. The number of amides is 1. The predicted molar refractivity (Wildman–Crippen MR) is 73.5 cm³/mol. The third-order valence-corrected chi connectivity index (χ3v) is 4.77. The molecule has 98 valence electrons. The van der Waals surface area contributed by atoms with E-state index in [1.807, 2.05) is 0 Å². The molecular formula is C14H17BrFNO. The van der Waals surface area contributed by atoms with Gasteiger partial charge in [-0.3, -0.25) is 4.79 Å². The third-order valence-electron chi connectivity index (χ3n) is 3.58. The van der Waals surface area contributed by atoms with Crippen LogP contribution >= 0.6 is 15.9 Å². The molecule has 1 fully saturated rings. The number of carbonyl (C=O) groups excluding carboxylic acids is 1. The average molecular weight is 314 g/mol. The Bertz CT molecular complexity index is 463. The number of piperidine rings is 1. The Morgan fingerprint density at radius 1 is 1.50 bits per heavy atom. The Kier molecular flexibility index (Phi) is 4.05.